The first-order chi connectivity index (χ1) is 14.0. The molecule has 7 nitrogen and oxygen atoms in total. The van der Waals surface area contributed by atoms with E-state index in [2.05, 4.69) is 10.3 Å². The van der Waals surface area contributed by atoms with Crippen LogP contribution in [0.4, 0.5) is 0 Å². The summed E-state index contributed by atoms with van der Waals surface area (Å²) in [5, 5.41) is 9.26. The molecule has 4 aromatic rings. The number of nitrogens with zero attached hydrogens (tertiary/aromatic N) is 4. The van der Waals surface area contributed by atoms with Crippen LogP contribution in [0.5, 0.6) is 5.75 Å². The molecule has 0 bridgehead atoms. The summed E-state index contributed by atoms with van der Waals surface area (Å²) in [6.45, 7) is 3.44. The summed E-state index contributed by atoms with van der Waals surface area (Å²) < 4.78 is 8.46. The van der Waals surface area contributed by atoms with Crippen LogP contribution in [0.1, 0.15) is 28.5 Å². The number of hydrogen-bond acceptors (Lipinski definition) is 5. The third-order valence-corrected chi connectivity index (χ3v) is 4.96. The van der Waals surface area contributed by atoms with Crippen LogP contribution >= 0.6 is 0 Å². The zero-order valence-electron chi connectivity index (χ0n) is 16.4. The Morgan fingerprint density at radius 3 is 2.69 bits per heavy atom. The molecule has 4 rings (SSSR count). The van der Waals surface area contributed by atoms with Crippen LogP contribution in [-0.2, 0) is 6.54 Å². The number of benzene rings is 2. The van der Waals surface area contributed by atoms with E-state index in [0.29, 0.717) is 17.0 Å². The summed E-state index contributed by atoms with van der Waals surface area (Å²) in [7, 11) is 1.60. The third-order valence-electron chi connectivity index (χ3n) is 4.96. The van der Waals surface area contributed by atoms with Gasteiger partial charge in [-0.05, 0) is 37.6 Å². The molecule has 0 aliphatic carbocycles. The number of ether oxygens (including phenoxy) is 1. The van der Waals surface area contributed by atoms with Crippen molar-refractivity contribution in [1.29, 1.82) is 0 Å². The molecule has 2 aromatic carbocycles. The van der Waals surface area contributed by atoms with Crippen molar-refractivity contribution in [3.05, 3.63) is 81.9 Å². The molecule has 0 saturated carbocycles. The van der Waals surface area contributed by atoms with Crippen molar-refractivity contribution in [1.82, 2.24) is 19.6 Å². The molecular weight excluding hydrogens is 368 g/mol. The zero-order valence-corrected chi connectivity index (χ0v) is 16.4. The standard InChI is InChI=1S/C22H20N4O3/c1-14-19-9-4-5-10-20(19)25(22(28)21(14)15(2)27)12-16-13-26(24-23-16)17-7-6-8-18(11-17)29-3/h4-11,13H,12H2,1-3H3. The van der Waals surface area contributed by atoms with E-state index >= 15 is 0 Å². The third kappa shape index (κ3) is 3.31. The van der Waals surface area contributed by atoms with Crippen molar-refractivity contribution in [2.75, 3.05) is 7.11 Å². The number of fused-ring (bicyclic) bond motifs is 1. The number of methoxy groups -OCH3 is 1. The fourth-order valence-electron chi connectivity index (χ4n) is 3.55. The van der Waals surface area contributed by atoms with Gasteiger partial charge in [0, 0.05) is 11.5 Å². The predicted octanol–water partition coefficient (Wildman–Crippen LogP) is 3.15. The van der Waals surface area contributed by atoms with Gasteiger partial charge in [0.25, 0.3) is 5.56 Å². The lowest BCUT2D eigenvalue weighted by Gasteiger charge is -2.13. The highest BCUT2D eigenvalue weighted by Gasteiger charge is 2.18. The smallest absolute Gasteiger partial charge is 0.262 e. The van der Waals surface area contributed by atoms with E-state index in [1.807, 2.05) is 55.5 Å². The van der Waals surface area contributed by atoms with Crippen LogP contribution in [0.2, 0.25) is 0 Å². The molecule has 29 heavy (non-hydrogen) atoms. The highest BCUT2D eigenvalue weighted by molar-refractivity contribution is 6.00. The number of para-hydroxylation sites is 1. The molecule has 0 atom stereocenters. The van der Waals surface area contributed by atoms with Crippen molar-refractivity contribution in [2.24, 2.45) is 0 Å². The van der Waals surface area contributed by atoms with E-state index in [1.54, 1.807) is 22.6 Å². The minimum atomic E-state index is -0.315. The summed E-state index contributed by atoms with van der Waals surface area (Å²) in [4.78, 5) is 25.2. The molecule has 2 heterocycles. The van der Waals surface area contributed by atoms with Crippen molar-refractivity contribution >= 4 is 16.7 Å². The molecule has 0 aliphatic rings. The first-order valence-corrected chi connectivity index (χ1v) is 9.18. The van der Waals surface area contributed by atoms with Crippen LogP contribution in [0, 0.1) is 6.92 Å². The summed E-state index contributed by atoms with van der Waals surface area (Å²) >= 11 is 0. The first kappa shape index (κ1) is 18.6. The summed E-state index contributed by atoms with van der Waals surface area (Å²) in [6.07, 6.45) is 1.77. The summed E-state index contributed by atoms with van der Waals surface area (Å²) in [6, 6.07) is 15.0. The second-order valence-corrected chi connectivity index (χ2v) is 6.82. The molecule has 0 fully saturated rings. The van der Waals surface area contributed by atoms with Gasteiger partial charge in [-0.1, -0.05) is 29.5 Å². The number of rotatable bonds is 5. The lowest BCUT2D eigenvalue weighted by Crippen LogP contribution is -2.28. The average molecular weight is 388 g/mol. The molecule has 0 spiro atoms. The van der Waals surface area contributed by atoms with Crippen LogP contribution in [0.15, 0.2) is 59.5 Å². The number of aryl methyl sites for hydroxylation is 1. The van der Waals surface area contributed by atoms with Crippen molar-refractivity contribution in [2.45, 2.75) is 20.4 Å². The van der Waals surface area contributed by atoms with Gasteiger partial charge in [-0.25, -0.2) is 4.68 Å². The maximum atomic E-state index is 13.1. The van der Waals surface area contributed by atoms with Crippen molar-refractivity contribution in [3.63, 3.8) is 0 Å². The maximum absolute atomic E-state index is 13.1. The highest BCUT2D eigenvalue weighted by Crippen LogP contribution is 2.21. The number of carbonyl (C=O) groups is 1. The molecule has 146 valence electrons. The van der Waals surface area contributed by atoms with Gasteiger partial charge in [-0.15, -0.1) is 5.10 Å². The fourth-order valence-corrected chi connectivity index (χ4v) is 3.55. The molecule has 0 saturated heterocycles. The lowest BCUT2D eigenvalue weighted by molar-refractivity contribution is 0.101. The SMILES string of the molecule is COc1cccc(-n2cc(Cn3c(=O)c(C(C)=O)c(C)c4ccccc43)nn2)c1. The summed E-state index contributed by atoms with van der Waals surface area (Å²) in [5.74, 6) is 0.471. The molecule has 0 amide bonds. The second kappa shape index (κ2) is 7.35. The first-order valence-electron chi connectivity index (χ1n) is 9.18. The minimum absolute atomic E-state index is 0.212. The van der Waals surface area contributed by atoms with Crippen molar-refractivity contribution in [3.8, 4) is 11.4 Å². The van der Waals surface area contributed by atoms with Gasteiger partial charge < -0.3 is 9.30 Å². The van der Waals surface area contributed by atoms with Gasteiger partial charge in [0.15, 0.2) is 5.78 Å². The van der Waals surface area contributed by atoms with Gasteiger partial charge in [-0.2, -0.15) is 0 Å². The van der Waals surface area contributed by atoms with E-state index in [1.165, 1.54) is 6.92 Å². The van der Waals surface area contributed by atoms with E-state index in [4.69, 9.17) is 4.74 Å². The molecule has 2 aromatic heterocycles. The number of ketones is 1. The Morgan fingerprint density at radius 1 is 1.14 bits per heavy atom. The van der Waals surface area contributed by atoms with E-state index in [-0.39, 0.29) is 23.5 Å². The molecule has 0 aliphatic heterocycles. The lowest BCUT2D eigenvalue weighted by atomic mass is 10.0. The second-order valence-electron chi connectivity index (χ2n) is 6.82. The molecule has 0 unspecified atom stereocenters. The van der Waals surface area contributed by atoms with Gasteiger partial charge >= 0.3 is 0 Å². The van der Waals surface area contributed by atoms with Gasteiger partial charge in [0.1, 0.15) is 11.4 Å². The normalized spacial score (nSPS) is 11.0. The fraction of sp³-hybridized carbons (Fsp3) is 0.182. The van der Waals surface area contributed by atoms with E-state index < -0.39 is 0 Å². The van der Waals surface area contributed by atoms with Crippen LogP contribution in [-0.4, -0.2) is 32.5 Å². The van der Waals surface area contributed by atoms with Gasteiger partial charge in [0.2, 0.25) is 0 Å². The number of aromatic nitrogens is 4. The number of Topliss-reactive ketones (excluding diaryl/α,β-unsaturated/α-hetero) is 1. The highest BCUT2D eigenvalue weighted by atomic mass is 16.5. The Balaban J connectivity index is 1.80. The topological polar surface area (TPSA) is 79.0 Å². The Morgan fingerprint density at radius 2 is 1.93 bits per heavy atom. The molecular formula is C22H20N4O3. The Labute approximate surface area is 167 Å². The zero-order chi connectivity index (χ0) is 20.5. The average Bonchev–Trinajstić information content (AvgIpc) is 3.20. The quantitative estimate of drug-likeness (QED) is 0.491. The van der Waals surface area contributed by atoms with E-state index in [0.717, 1.165) is 16.6 Å². The largest absolute Gasteiger partial charge is 0.497 e. The van der Waals surface area contributed by atoms with Crippen LogP contribution in [0.25, 0.3) is 16.6 Å². The molecule has 0 radical (unpaired) electrons. The Kier molecular flexibility index (Phi) is 4.72. The minimum Gasteiger partial charge on any atom is -0.497 e. The van der Waals surface area contributed by atoms with Gasteiger partial charge in [0.05, 0.1) is 36.6 Å². The van der Waals surface area contributed by atoms with Crippen LogP contribution in [0.3, 0.4) is 0 Å². The van der Waals surface area contributed by atoms with E-state index in [9.17, 15) is 9.59 Å². The maximum Gasteiger partial charge on any atom is 0.262 e. The Hall–Kier alpha value is -3.74. The van der Waals surface area contributed by atoms with Crippen LogP contribution < -0.4 is 10.3 Å². The summed E-state index contributed by atoms with van der Waals surface area (Å²) in [5.41, 5.74) is 2.77. The van der Waals surface area contributed by atoms with Crippen molar-refractivity contribution < 1.29 is 9.53 Å². The predicted molar refractivity (Wildman–Crippen MR) is 110 cm³/mol. The number of carbonyl (C=O) groups excluding carboxylic acids is 1. The molecule has 7 heteroatoms. The Bertz CT molecular complexity index is 1290. The number of hydrogen-bond donors (Lipinski definition) is 0. The molecule has 0 N–H and O–H groups in total. The monoisotopic (exact) mass is 388 g/mol. The van der Waals surface area contributed by atoms with Gasteiger partial charge in [-0.3, -0.25) is 9.59 Å². The number of pyridine rings is 1.